The van der Waals surface area contributed by atoms with Crippen molar-refractivity contribution in [3.8, 4) is 0 Å². The Morgan fingerprint density at radius 1 is 1.21 bits per heavy atom. The molecule has 1 fully saturated rings. The van der Waals surface area contributed by atoms with E-state index < -0.39 is 5.82 Å². The van der Waals surface area contributed by atoms with E-state index in [-0.39, 0.29) is 10.8 Å². The van der Waals surface area contributed by atoms with Gasteiger partial charge in [0.05, 0.1) is 5.02 Å². The highest BCUT2D eigenvalue weighted by Gasteiger charge is 2.16. The number of hydrogen-bond acceptors (Lipinski definition) is 1. The lowest BCUT2D eigenvalue weighted by Crippen LogP contribution is -2.10. The van der Waals surface area contributed by atoms with Crippen LogP contribution in [0.2, 0.25) is 5.02 Å². The Balaban J connectivity index is 1.87. The average Bonchev–Trinajstić information content (AvgIpc) is 2.62. The van der Waals surface area contributed by atoms with Gasteiger partial charge in [-0.05, 0) is 23.6 Å². The molecule has 1 nitrogen and oxygen atoms in total. The predicted molar refractivity (Wildman–Crippen MR) is 75.9 cm³/mol. The van der Waals surface area contributed by atoms with E-state index in [9.17, 15) is 9.18 Å². The summed E-state index contributed by atoms with van der Waals surface area (Å²) in [6.45, 7) is 0. The highest BCUT2D eigenvalue weighted by Crippen LogP contribution is 2.26. The molecule has 1 aliphatic carbocycles. The molecule has 1 aromatic carbocycles. The van der Waals surface area contributed by atoms with E-state index in [1.54, 1.807) is 12.1 Å². The quantitative estimate of drug-likeness (QED) is 0.714. The molecule has 0 bridgehead atoms. The summed E-state index contributed by atoms with van der Waals surface area (Å²) < 4.78 is 13.0. The van der Waals surface area contributed by atoms with E-state index in [2.05, 4.69) is 0 Å². The fraction of sp³-hybridized carbons (Fsp3) is 0.562. The lowest BCUT2D eigenvalue weighted by Gasteiger charge is -2.12. The van der Waals surface area contributed by atoms with Crippen molar-refractivity contribution in [3.05, 3.63) is 34.6 Å². The molecule has 19 heavy (non-hydrogen) atoms. The molecular formula is C16H20ClFO. The molecule has 2 rings (SSSR count). The molecule has 3 heteroatoms. The Morgan fingerprint density at radius 2 is 1.89 bits per heavy atom. The summed E-state index contributed by atoms with van der Waals surface area (Å²) in [6, 6.07) is 4.53. The van der Waals surface area contributed by atoms with Gasteiger partial charge in [-0.15, -0.1) is 0 Å². The van der Waals surface area contributed by atoms with Gasteiger partial charge in [0.2, 0.25) is 0 Å². The molecule has 0 aromatic heterocycles. The number of carbonyl (C=O) groups is 1. The Morgan fingerprint density at radius 3 is 2.53 bits per heavy atom. The Hall–Kier alpha value is -0.890. The summed E-state index contributed by atoms with van der Waals surface area (Å²) in [5, 5.41) is 0.0970. The molecule has 0 aliphatic heterocycles. The maximum atomic E-state index is 13.0. The monoisotopic (exact) mass is 282 g/mol. The number of rotatable bonds is 4. The lowest BCUT2D eigenvalue weighted by atomic mass is 9.92. The van der Waals surface area contributed by atoms with Crippen molar-refractivity contribution in [3.63, 3.8) is 0 Å². The third-order valence-corrected chi connectivity index (χ3v) is 4.17. The van der Waals surface area contributed by atoms with E-state index in [1.807, 2.05) is 0 Å². The van der Waals surface area contributed by atoms with Gasteiger partial charge in [-0.2, -0.15) is 0 Å². The van der Waals surface area contributed by atoms with E-state index in [1.165, 1.54) is 44.6 Å². The minimum absolute atomic E-state index is 0.0970. The first kappa shape index (κ1) is 14.5. The van der Waals surface area contributed by atoms with Gasteiger partial charge in [-0.1, -0.05) is 56.2 Å². The highest BCUT2D eigenvalue weighted by molar-refractivity contribution is 6.30. The van der Waals surface area contributed by atoms with Gasteiger partial charge in [0.25, 0.3) is 0 Å². The maximum absolute atomic E-state index is 13.0. The SMILES string of the molecule is O=C(Cc1ccc(F)c(Cl)c1)CC1CCCCCC1. The zero-order chi connectivity index (χ0) is 13.7. The van der Waals surface area contributed by atoms with Gasteiger partial charge in [-0.3, -0.25) is 4.79 Å². The summed E-state index contributed by atoms with van der Waals surface area (Å²) in [4.78, 5) is 12.1. The summed E-state index contributed by atoms with van der Waals surface area (Å²) in [6.07, 6.45) is 8.49. The molecule has 1 aliphatic rings. The zero-order valence-corrected chi connectivity index (χ0v) is 11.9. The van der Waals surface area contributed by atoms with Gasteiger partial charge in [0, 0.05) is 12.8 Å². The first-order valence-electron chi connectivity index (χ1n) is 7.11. The van der Waals surface area contributed by atoms with Crippen LogP contribution in [0.3, 0.4) is 0 Å². The van der Waals surface area contributed by atoms with Crippen molar-refractivity contribution in [1.29, 1.82) is 0 Å². The van der Waals surface area contributed by atoms with Crippen LogP contribution in [-0.4, -0.2) is 5.78 Å². The third kappa shape index (κ3) is 4.61. The molecule has 0 radical (unpaired) electrons. The van der Waals surface area contributed by atoms with Crippen LogP contribution in [0.15, 0.2) is 18.2 Å². The molecule has 1 aromatic rings. The number of benzene rings is 1. The van der Waals surface area contributed by atoms with Crippen molar-refractivity contribution in [2.75, 3.05) is 0 Å². The van der Waals surface area contributed by atoms with Gasteiger partial charge in [-0.25, -0.2) is 4.39 Å². The number of hydrogen-bond donors (Lipinski definition) is 0. The standard InChI is InChI=1S/C16H20ClFO/c17-15-11-13(7-8-16(15)18)10-14(19)9-12-5-3-1-2-4-6-12/h7-8,11-12H,1-6,9-10H2. The van der Waals surface area contributed by atoms with Crippen LogP contribution in [0.1, 0.15) is 50.5 Å². The number of Topliss-reactive ketones (excluding diaryl/α,β-unsaturated/α-hetero) is 1. The van der Waals surface area contributed by atoms with Gasteiger partial charge >= 0.3 is 0 Å². The Labute approximate surface area is 119 Å². The van der Waals surface area contributed by atoms with Crippen LogP contribution in [0.5, 0.6) is 0 Å². The molecule has 0 unspecified atom stereocenters. The molecule has 0 heterocycles. The van der Waals surface area contributed by atoms with E-state index in [0.29, 0.717) is 18.8 Å². The molecule has 104 valence electrons. The van der Waals surface area contributed by atoms with E-state index >= 15 is 0 Å². The lowest BCUT2D eigenvalue weighted by molar-refractivity contribution is -0.119. The smallest absolute Gasteiger partial charge is 0.141 e. The summed E-state index contributed by atoms with van der Waals surface area (Å²) in [5.41, 5.74) is 0.810. The molecule has 0 atom stereocenters. The molecule has 1 saturated carbocycles. The zero-order valence-electron chi connectivity index (χ0n) is 11.1. The first-order valence-corrected chi connectivity index (χ1v) is 7.48. The van der Waals surface area contributed by atoms with Gasteiger partial charge < -0.3 is 0 Å². The van der Waals surface area contributed by atoms with Gasteiger partial charge in [0.15, 0.2) is 0 Å². The molecule has 0 saturated heterocycles. The normalized spacial score (nSPS) is 17.2. The second-order valence-corrected chi connectivity index (χ2v) is 5.93. The van der Waals surface area contributed by atoms with Crippen molar-refractivity contribution in [2.24, 2.45) is 5.92 Å². The van der Waals surface area contributed by atoms with Crippen molar-refractivity contribution in [1.82, 2.24) is 0 Å². The number of halogens is 2. The highest BCUT2D eigenvalue weighted by atomic mass is 35.5. The van der Waals surface area contributed by atoms with Crippen LogP contribution in [-0.2, 0) is 11.2 Å². The number of carbonyl (C=O) groups excluding carboxylic acids is 1. The molecule has 0 N–H and O–H groups in total. The second kappa shape index (κ2) is 7.04. The fourth-order valence-electron chi connectivity index (χ4n) is 2.84. The summed E-state index contributed by atoms with van der Waals surface area (Å²) in [7, 11) is 0. The Kier molecular flexibility index (Phi) is 5.38. The van der Waals surface area contributed by atoms with E-state index in [0.717, 1.165) is 5.56 Å². The average molecular weight is 283 g/mol. The van der Waals surface area contributed by atoms with Crippen LogP contribution in [0.25, 0.3) is 0 Å². The predicted octanol–water partition coefficient (Wildman–Crippen LogP) is 4.95. The fourth-order valence-corrected chi connectivity index (χ4v) is 3.04. The van der Waals surface area contributed by atoms with Crippen LogP contribution in [0.4, 0.5) is 4.39 Å². The molecule has 0 spiro atoms. The van der Waals surface area contributed by atoms with Crippen molar-refractivity contribution in [2.45, 2.75) is 51.4 Å². The van der Waals surface area contributed by atoms with Crippen molar-refractivity contribution >= 4 is 17.4 Å². The number of ketones is 1. The Bertz CT molecular complexity index is 436. The van der Waals surface area contributed by atoms with Crippen LogP contribution in [0, 0.1) is 11.7 Å². The topological polar surface area (TPSA) is 17.1 Å². The first-order chi connectivity index (χ1) is 9.15. The van der Waals surface area contributed by atoms with Crippen LogP contribution >= 0.6 is 11.6 Å². The van der Waals surface area contributed by atoms with E-state index in [4.69, 9.17) is 11.6 Å². The van der Waals surface area contributed by atoms with Gasteiger partial charge in [0.1, 0.15) is 11.6 Å². The maximum Gasteiger partial charge on any atom is 0.141 e. The van der Waals surface area contributed by atoms with Crippen LogP contribution < -0.4 is 0 Å². The molecular weight excluding hydrogens is 263 g/mol. The molecule has 0 amide bonds. The third-order valence-electron chi connectivity index (χ3n) is 3.88. The summed E-state index contributed by atoms with van der Waals surface area (Å²) >= 11 is 5.72. The minimum atomic E-state index is -0.429. The largest absolute Gasteiger partial charge is 0.299 e. The second-order valence-electron chi connectivity index (χ2n) is 5.53. The summed E-state index contributed by atoms with van der Waals surface area (Å²) in [5.74, 6) is 0.363. The minimum Gasteiger partial charge on any atom is -0.299 e. The van der Waals surface area contributed by atoms with Crippen molar-refractivity contribution < 1.29 is 9.18 Å².